The molecule has 6 nitrogen and oxygen atoms in total. The number of carbonyl (C=O) groups is 1. The van der Waals surface area contributed by atoms with Gasteiger partial charge < -0.3 is 0 Å². The Kier molecular flexibility index (Phi) is 4.90. The molecule has 1 aromatic rings. The van der Waals surface area contributed by atoms with Gasteiger partial charge in [-0.1, -0.05) is 6.07 Å². The Morgan fingerprint density at radius 2 is 2.40 bits per heavy atom. The molecule has 20 heavy (non-hydrogen) atoms. The van der Waals surface area contributed by atoms with Gasteiger partial charge in [0.05, 0.1) is 18.4 Å². The van der Waals surface area contributed by atoms with Crippen molar-refractivity contribution >= 4 is 33.5 Å². The number of nitrogens with one attached hydrogen (secondary N) is 1. The first-order valence-electron chi connectivity index (χ1n) is 6.28. The van der Waals surface area contributed by atoms with E-state index in [1.807, 2.05) is 17.5 Å². The quantitative estimate of drug-likeness (QED) is 0.661. The minimum absolute atomic E-state index is 0.230. The molecule has 1 N–H and O–H groups in total. The molecule has 0 aliphatic carbocycles. The molecule has 0 spiro atoms. The van der Waals surface area contributed by atoms with Crippen LogP contribution < -0.4 is 5.43 Å². The monoisotopic (exact) mass is 315 g/mol. The van der Waals surface area contributed by atoms with E-state index in [4.69, 9.17) is 0 Å². The first-order valence-corrected chi connectivity index (χ1v) is 9.01. The lowest BCUT2D eigenvalue weighted by molar-refractivity contribution is -0.126. The average molecular weight is 315 g/mol. The highest BCUT2D eigenvalue weighted by molar-refractivity contribution is 7.88. The topological polar surface area (TPSA) is 78.8 Å². The molecule has 0 radical (unpaired) electrons. The van der Waals surface area contributed by atoms with Gasteiger partial charge in [0.2, 0.25) is 15.9 Å². The van der Waals surface area contributed by atoms with E-state index >= 15 is 0 Å². The van der Waals surface area contributed by atoms with Gasteiger partial charge in [0.1, 0.15) is 0 Å². The van der Waals surface area contributed by atoms with Crippen molar-refractivity contribution in [3.63, 3.8) is 0 Å². The van der Waals surface area contributed by atoms with Crippen LogP contribution in [0.4, 0.5) is 0 Å². The number of hydrazone groups is 1. The molecule has 1 amide bonds. The number of thiophene rings is 1. The fourth-order valence-corrected chi connectivity index (χ4v) is 3.57. The van der Waals surface area contributed by atoms with Crippen LogP contribution in [-0.2, 0) is 14.8 Å². The molecule has 1 unspecified atom stereocenters. The van der Waals surface area contributed by atoms with Crippen molar-refractivity contribution in [1.29, 1.82) is 0 Å². The molecular weight excluding hydrogens is 298 g/mol. The number of carbonyl (C=O) groups excluding carboxylic acids is 1. The third-order valence-corrected chi connectivity index (χ3v) is 5.21. The van der Waals surface area contributed by atoms with Crippen LogP contribution in [0.25, 0.3) is 0 Å². The van der Waals surface area contributed by atoms with Crippen LogP contribution in [0.5, 0.6) is 0 Å². The molecule has 1 aliphatic heterocycles. The normalized spacial score (nSPS) is 21.1. The van der Waals surface area contributed by atoms with Crippen molar-refractivity contribution in [3.05, 3.63) is 22.4 Å². The van der Waals surface area contributed by atoms with Crippen molar-refractivity contribution in [2.45, 2.75) is 12.8 Å². The van der Waals surface area contributed by atoms with Gasteiger partial charge in [-0.2, -0.15) is 5.10 Å². The Morgan fingerprint density at radius 3 is 3.05 bits per heavy atom. The molecular formula is C12H17N3O3S2. The molecule has 1 atom stereocenters. The number of nitrogens with zero attached hydrogens (tertiary/aromatic N) is 2. The predicted octanol–water partition coefficient (Wildman–Crippen LogP) is 0.870. The predicted molar refractivity (Wildman–Crippen MR) is 79.2 cm³/mol. The average Bonchev–Trinajstić information content (AvgIpc) is 2.91. The molecule has 1 saturated heterocycles. The van der Waals surface area contributed by atoms with E-state index in [1.54, 1.807) is 6.21 Å². The fourth-order valence-electron chi connectivity index (χ4n) is 2.07. The fraction of sp³-hybridized carbons (Fsp3) is 0.500. The number of hydrogen-bond donors (Lipinski definition) is 1. The number of piperidine rings is 1. The van der Waals surface area contributed by atoms with Crippen LogP contribution in [-0.4, -0.2) is 44.2 Å². The molecule has 8 heteroatoms. The third kappa shape index (κ3) is 4.12. The van der Waals surface area contributed by atoms with Crippen LogP contribution in [0, 0.1) is 5.92 Å². The lowest BCUT2D eigenvalue weighted by Gasteiger charge is -2.29. The molecule has 110 valence electrons. The number of hydrogen-bond acceptors (Lipinski definition) is 5. The summed E-state index contributed by atoms with van der Waals surface area (Å²) in [5.41, 5.74) is 2.48. The van der Waals surface area contributed by atoms with Gasteiger partial charge in [0.15, 0.2) is 0 Å². The van der Waals surface area contributed by atoms with Crippen molar-refractivity contribution in [3.8, 4) is 0 Å². The molecule has 1 aromatic heterocycles. The molecule has 0 aromatic carbocycles. The summed E-state index contributed by atoms with van der Waals surface area (Å²) in [4.78, 5) is 12.9. The lowest BCUT2D eigenvalue weighted by atomic mass is 9.99. The number of amides is 1. The molecule has 1 fully saturated rings. The second-order valence-electron chi connectivity index (χ2n) is 4.71. The van der Waals surface area contributed by atoms with Gasteiger partial charge in [0, 0.05) is 18.0 Å². The second kappa shape index (κ2) is 6.47. The highest BCUT2D eigenvalue weighted by atomic mass is 32.2. The summed E-state index contributed by atoms with van der Waals surface area (Å²) < 4.78 is 24.3. The van der Waals surface area contributed by atoms with E-state index in [1.165, 1.54) is 21.9 Å². The van der Waals surface area contributed by atoms with Crippen LogP contribution in [0.1, 0.15) is 17.7 Å². The van der Waals surface area contributed by atoms with Gasteiger partial charge in [-0.3, -0.25) is 4.79 Å². The largest absolute Gasteiger partial charge is 0.273 e. The standard InChI is InChI=1S/C12H17N3O3S2/c1-20(17,18)15-6-2-4-10(9-15)12(16)14-13-8-11-5-3-7-19-11/h3,5,7-8,10H,2,4,6,9H2,1H3,(H,14,16)/b13-8+. The summed E-state index contributed by atoms with van der Waals surface area (Å²) in [6, 6.07) is 3.80. The number of rotatable bonds is 4. The van der Waals surface area contributed by atoms with E-state index in [2.05, 4.69) is 10.5 Å². The molecule has 0 saturated carbocycles. The van der Waals surface area contributed by atoms with Crippen LogP contribution in [0.3, 0.4) is 0 Å². The van der Waals surface area contributed by atoms with Crippen molar-refractivity contribution in [2.24, 2.45) is 11.0 Å². The van der Waals surface area contributed by atoms with E-state index in [9.17, 15) is 13.2 Å². The van der Waals surface area contributed by atoms with Crippen LogP contribution in [0.2, 0.25) is 0 Å². The van der Waals surface area contributed by atoms with Crippen LogP contribution in [0.15, 0.2) is 22.6 Å². The Labute approximate surface area is 122 Å². The zero-order chi connectivity index (χ0) is 14.6. The van der Waals surface area contributed by atoms with Gasteiger partial charge in [-0.05, 0) is 24.3 Å². The summed E-state index contributed by atoms with van der Waals surface area (Å²) in [5, 5.41) is 5.82. The number of sulfonamides is 1. The van der Waals surface area contributed by atoms with Gasteiger partial charge in [0.25, 0.3) is 0 Å². The summed E-state index contributed by atoms with van der Waals surface area (Å²) in [7, 11) is -3.23. The Balaban J connectivity index is 1.89. The maximum Gasteiger partial charge on any atom is 0.244 e. The lowest BCUT2D eigenvalue weighted by Crippen LogP contribution is -2.44. The second-order valence-corrected chi connectivity index (χ2v) is 7.67. The minimum Gasteiger partial charge on any atom is -0.273 e. The first-order chi connectivity index (χ1) is 9.47. The minimum atomic E-state index is -3.23. The Morgan fingerprint density at radius 1 is 1.60 bits per heavy atom. The van der Waals surface area contributed by atoms with E-state index in [0.29, 0.717) is 19.4 Å². The third-order valence-electron chi connectivity index (χ3n) is 3.13. The summed E-state index contributed by atoms with van der Waals surface area (Å²) in [5.74, 6) is -0.565. The molecule has 2 rings (SSSR count). The summed E-state index contributed by atoms with van der Waals surface area (Å²) >= 11 is 1.53. The van der Waals surface area contributed by atoms with Gasteiger partial charge >= 0.3 is 0 Å². The Hall–Kier alpha value is -1.25. The summed E-state index contributed by atoms with van der Waals surface area (Å²) in [6.45, 7) is 0.722. The molecule has 2 heterocycles. The SMILES string of the molecule is CS(=O)(=O)N1CCCC(C(=O)N/N=C/c2cccs2)C1. The Bertz CT molecular complexity index is 581. The maximum atomic E-state index is 12.0. The highest BCUT2D eigenvalue weighted by Gasteiger charge is 2.29. The van der Waals surface area contributed by atoms with Crippen molar-refractivity contribution in [2.75, 3.05) is 19.3 Å². The summed E-state index contributed by atoms with van der Waals surface area (Å²) in [6.07, 6.45) is 4.13. The zero-order valence-electron chi connectivity index (χ0n) is 11.2. The van der Waals surface area contributed by atoms with Gasteiger partial charge in [-0.25, -0.2) is 18.1 Å². The van der Waals surface area contributed by atoms with E-state index in [-0.39, 0.29) is 18.4 Å². The van der Waals surface area contributed by atoms with Crippen molar-refractivity contribution < 1.29 is 13.2 Å². The maximum absolute atomic E-state index is 12.0. The molecule has 0 bridgehead atoms. The molecule has 1 aliphatic rings. The van der Waals surface area contributed by atoms with Gasteiger partial charge in [-0.15, -0.1) is 11.3 Å². The van der Waals surface area contributed by atoms with E-state index < -0.39 is 10.0 Å². The zero-order valence-corrected chi connectivity index (χ0v) is 12.8. The first kappa shape index (κ1) is 15.1. The smallest absolute Gasteiger partial charge is 0.244 e. The van der Waals surface area contributed by atoms with Crippen molar-refractivity contribution in [1.82, 2.24) is 9.73 Å². The van der Waals surface area contributed by atoms with E-state index in [0.717, 1.165) is 4.88 Å². The van der Waals surface area contributed by atoms with Crippen LogP contribution >= 0.6 is 11.3 Å². The highest BCUT2D eigenvalue weighted by Crippen LogP contribution is 2.18.